The Morgan fingerprint density at radius 2 is 2.18 bits per heavy atom. The maximum absolute atomic E-state index is 12.0. The lowest BCUT2D eigenvalue weighted by Gasteiger charge is -2.23. The molecule has 2 N–H and O–H groups in total. The first-order chi connectivity index (χ1) is 7.86. The van der Waals surface area contributed by atoms with E-state index in [0.29, 0.717) is 6.04 Å². The van der Waals surface area contributed by atoms with E-state index >= 15 is 0 Å². The predicted octanol–water partition coefficient (Wildman–Crippen LogP) is 1.79. The van der Waals surface area contributed by atoms with Gasteiger partial charge < -0.3 is 10.6 Å². The Kier molecular flexibility index (Phi) is 4.28. The van der Waals surface area contributed by atoms with Gasteiger partial charge in [0.1, 0.15) is 0 Å². The maximum Gasteiger partial charge on any atom is 0.244 e. The van der Waals surface area contributed by atoms with Gasteiger partial charge >= 0.3 is 0 Å². The Labute approximate surface area is 103 Å². The molecule has 0 spiro atoms. The summed E-state index contributed by atoms with van der Waals surface area (Å²) in [5, 5.41) is 10.2. The van der Waals surface area contributed by atoms with Crippen LogP contribution in [-0.4, -0.2) is 27.8 Å². The van der Waals surface area contributed by atoms with Crippen LogP contribution in [0.25, 0.3) is 0 Å². The minimum atomic E-state index is -0.575. The zero-order valence-electron chi connectivity index (χ0n) is 11.2. The van der Waals surface area contributed by atoms with Crippen LogP contribution in [-0.2, 0) is 4.79 Å². The highest BCUT2D eigenvalue weighted by Crippen LogP contribution is 2.12. The van der Waals surface area contributed by atoms with Gasteiger partial charge in [0.25, 0.3) is 0 Å². The Balaban J connectivity index is 2.67. The average molecular weight is 238 g/mol. The van der Waals surface area contributed by atoms with E-state index in [0.717, 1.165) is 12.2 Å². The van der Waals surface area contributed by atoms with E-state index in [1.165, 1.54) is 0 Å². The van der Waals surface area contributed by atoms with Crippen molar-refractivity contribution in [1.82, 2.24) is 15.1 Å². The zero-order valence-corrected chi connectivity index (χ0v) is 11.2. The Morgan fingerprint density at radius 1 is 1.53 bits per heavy atom. The number of nitrogens with zero attached hydrogens (tertiary/aromatic N) is 2. The summed E-state index contributed by atoms with van der Waals surface area (Å²) < 4.78 is 1.82. The summed E-state index contributed by atoms with van der Waals surface area (Å²) in [5.41, 5.74) is 0.156. The van der Waals surface area contributed by atoms with Crippen LogP contribution in [0.15, 0.2) is 12.4 Å². The molecule has 0 aliphatic carbocycles. The first-order valence-electron chi connectivity index (χ1n) is 5.97. The van der Waals surface area contributed by atoms with Crippen LogP contribution < -0.4 is 10.6 Å². The van der Waals surface area contributed by atoms with Gasteiger partial charge in [-0.25, -0.2) is 0 Å². The molecule has 0 aliphatic rings. The molecule has 1 heterocycles. The number of nitrogens with one attached hydrogen (secondary N) is 2. The van der Waals surface area contributed by atoms with Gasteiger partial charge in [0, 0.05) is 12.2 Å². The van der Waals surface area contributed by atoms with Gasteiger partial charge in [-0.3, -0.25) is 9.48 Å². The highest BCUT2D eigenvalue weighted by molar-refractivity contribution is 5.97. The molecule has 96 valence electrons. The van der Waals surface area contributed by atoms with Crippen LogP contribution >= 0.6 is 0 Å². The van der Waals surface area contributed by atoms with Crippen molar-refractivity contribution in [2.24, 2.45) is 0 Å². The standard InChI is InChI=1S/C12H22N4O/c1-6-13-12(4,5)11(17)15-10-7-14-16(8-10)9(2)3/h7-9,13H,6H2,1-5H3,(H,15,17). The number of carbonyl (C=O) groups excluding carboxylic acids is 1. The Hall–Kier alpha value is -1.36. The molecule has 5 heteroatoms. The number of rotatable bonds is 5. The predicted molar refractivity (Wildman–Crippen MR) is 69.0 cm³/mol. The van der Waals surface area contributed by atoms with Gasteiger partial charge in [0.2, 0.25) is 5.91 Å². The quantitative estimate of drug-likeness (QED) is 0.822. The summed E-state index contributed by atoms with van der Waals surface area (Å²) in [6, 6.07) is 0.294. The minimum absolute atomic E-state index is 0.0531. The first kappa shape index (κ1) is 13.7. The van der Waals surface area contributed by atoms with Crippen LogP contribution in [0.4, 0.5) is 5.69 Å². The molecule has 1 amide bonds. The van der Waals surface area contributed by atoms with Crippen LogP contribution in [0, 0.1) is 0 Å². The fraction of sp³-hybridized carbons (Fsp3) is 0.667. The van der Waals surface area contributed by atoms with E-state index in [1.54, 1.807) is 6.20 Å². The van der Waals surface area contributed by atoms with Crippen molar-refractivity contribution >= 4 is 11.6 Å². The van der Waals surface area contributed by atoms with Crippen molar-refractivity contribution in [1.29, 1.82) is 0 Å². The fourth-order valence-electron chi connectivity index (χ4n) is 1.49. The van der Waals surface area contributed by atoms with Gasteiger partial charge in [0.15, 0.2) is 0 Å². The number of anilines is 1. The highest BCUT2D eigenvalue weighted by atomic mass is 16.2. The monoisotopic (exact) mass is 238 g/mol. The molecule has 1 rings (SSSR count). The molecule has 0 atom stereocenters. The van der Waals surface area contributed by atoms with Crippen molar-refractivity contribution in [2.45, 2.75) is 46.2 Å². The van der Waals surface area contributed by atoms with Crippen LogP contribution in [0.5, 0.6) is 0 Å². The van der Waals surface area contributed by atoms with E-state index in [2.05, 4.69) is 15.7 Å². The molecule has 0 aromatic carbocycles. The third-order valence-corrected chi connectivity index (χ3v) is 2.57. The van der Waals surface area contributed by atoms with Gasteiger partial charge in [-0.15, -0.1) is 0 Å². The lowest BCUT2D eigenvalue weighted by Crippen LogP contribution is -2.49. The van der Waals surface area contributed by atoms with E-state index in [9.17, 15) is 4.79 Å². The lowest BCUT2D eigenvalue weighted by molar-refractivity contribution is -0.121. The highest BCUT2D eigenvalue weighted by Gasteiger charge is 2.26. The average Bonchev–Trinajstić information content (AvgIpc) is 2.66. The minimum Gasteiger partial charge on any atom is -0.322 e. The second-order valence-electron chi connectivity index (χ2n) is 4.91. The number of carbonyl (C=O) groups is 1. The summed E-state index contributed by atoms with van der Waals surface area (Å²) in [7, 11) is 0. The van der Waals surface area contributed by atoms with Crippen molar-refractivity contribution in [3.8, 4) is 0 Å². The summed E-state index contributed by atoms with van der Waals surface area (Å²) in [6.45, 7) is 10.5. The lowest BCUT2D eigenvalue weighted by atomic mass is 10.0. The maximum atomic E-state index is 12.0. The smallest absolute Gasteiger partial charge is 0.244 e. The molecule has 1 aromatic rings. The van der Waals surface area contributed by atoms with Crippen molar-refractivity contribution < 1.29 is 4.79 Å². The van der Waals surface area contributed by atoms with Gasteiger partial charge in [-0.2, -0.15) is 5.10 Å². The van der Waals surface area contributed by atoms with Crippen molar-refractivity contribution in [3.63, 3.8) is 0 Å². The SMILES string of the molecule is CCNC(C)(C)C(=O)Nc1cnn(C(C)C)c1. The number of likely N-dealkylation sites (N-methyl/N-ethyl adjacent to an activating group) is 1. The summed E-state index contributed by atoms with van der Waals surface area (Å²) in [4.78, 5) is 12.0. The summed E-state index contributed by atoms with van der Waals surface area (Å²) >= 11 is 0. The third kappa shape index (κ3) is 3.56. The molecular formula is C12H22N4O. The molecule has 0 saturated heterocycles. The molecule has 0 saturated carbocycles. The molecule has 0 fully saturated rings. The Morgan fingerprint density at radius 3 is 2.65 bits per heavy atom. The molecule has 1 aromatic heterocycles. The van der Waals surface area contributed by atoms with Crippen LogP contribution in [0.2, 0.25) is 0 Å². The largest absolute Gasteiger partial charge is 0.322 e. The number of hydrogen-bond donors (Lipinski definition) is 2. The summed E-state index contributed by atoms with van der Waals surface area (Å²) in [6.07, 6.45) is 3.50. The molecule has 5 nitrogen and oxygen atoms in total. The van der Waals surface area contributed by atoms with E-state index < -0.39 is 5.54 Å². The topological polar surface area (TPSA) is 59.0 Å². The van der Waals surface area contributed by atoms with E-state index in [4.69, 9.17) is 0 Å². The number of aromatic nitrogens is 2. The van der Waals surface area contributed by atoms with E-state index in [-0.39, 0.29) is 5.91 Å². The molecular weight excluding hydrogens is 216 g/mol. The van der Waals surface area contributed by atoms with Gasteiger partial charge in [-0.05, 0) is 34.2 Å². The molecule has 0 aliphatic heterocycles. The Bertz CT molecular complexity index is 382. The second-order valence-corrected chi connectivity index (χ2v) is 4.91. The van der Waals surface area contributed by atoms with Crippen molar-refractivity contribution in [3.05, 3.63) is 12.4 Å². The molecule has 0 radical (unpaired) electrons. The van der Waals surface area contributed by atoms with Crippen molar-refractivity contribution in [2.75, 3.05) is 11.9 Å². The van der Waals surface area contributed by atoms with Crippen LogP contribution in [0.1, 0.15) is 40.7 Å². The molecule has 0 unspecified atom stereocenters. The van der Waals surface area contributed by atoms with E-state index in [1.807, 2.05) is 45.5 Å². The fourth-order valence-corrected chi connectivity index (χ4v) is 1.49. The number of amides is 1. The van der Waals surface area contributed by atoms with Crippen LogP contribution in [0.3, 0.4) is 0 Å². The van der Waals surface area contributed by atoms with Gasteiger partial charge in [0.05, 0.1) is 17.4 Å². The summed E-state index contributed by atoms with van der Waals surface area (Å²) in [5.74, 6) is -0.0531. The second kappa shape index (κ2) is 5.31. The normalized spacial score (nSPS) is 11.9. The van der Waals surface area contributed by atoms with Gasteiger partial charge in [-0.1, -0.05) is 6.92 Å². The first-order valence-corrected chi connectivity index (χ1v) is 5.97. The zero-order chi connectivity index (χ0) is 13.1. The molecule has 0 bridgehead atoms. The molecule has 17 heavy (non-hydrogen) atoms. The third-order valence-electron chi connectivity index (χ3n) is 2.57. The number of hydrogen-bond acceptors (Lipinski definition) is 3.